The van der Waals surface area contributed by atoms with Gasteiger partial charge in [0.05, 0.1) is 0 Å². The van der Waals surface area contributed by atoms with Crippen LogP contribution in [0.3, 0.4) is 0 Å². The van der Waals surface area contributed by atoms with E-state index in [0.717, 1.165) is 18.0 Å². The number of rotatable bonds is 6. The number of nitrogens with zero attached hydrogens (tertiary/aromatic N) is 3. The molecule has 1 unspecified atom stereocenters. The fraction of sp³-hybridized carbons (Fsp3) is 0.750. The molecule has 1 amide bonds. The highest BCUT2D eigenvalue weighted by atomic mass is 32.2. The number of amides is 1. The molecular weight excluding hydrogens is 248 g/mol. The second kappa shape index (κ2) is 6.78. The molecule has 0 aliphatic rings. The second-order valence-corrected chi connectivity index (χ2v) is 5.54. The zero-order valence-electron chi connectivity index (χ0n) is 11.7. The van der Waals surface area contributed by atoms with Gasteiger partial charge >= 0.3 is 0 Å². The first-order valence-electron chi connectivity index (χ1n) is 6.19. The van der Waals surface area contributed by atoms with E-state index in [4.69, 9.17) is 0 Å². The molecule has 0 aromatic carbocycles. The molecule has 102 valence electrons. The number of thioether (sulfide) groups is 1. The Morgan fingerprint density at radius 2 is 2.17 bits per heavy atom. The topological polar surface area (TPSA) is 61.9 Å². The van der Waals surface area contributed by atoms with E-state index in [1.807, 2.05) is 27.2 Å². The van der Waals surface area contributed by atoms with Gasteiger partial charge in [-0.05, 0) is 12.7 Å². The number of hydrogen-bond donors (Lipinski definition) is 1. The van der Waals surface area contributed by atoms with Crippen LogP contribution in [0.2, 0.25) is 0 Å². The van der Waals surface area contributed by atoms with Crippen LogP contribution in [-0.2, 0) is 0 Å². The quantitative estimate of drug-likeness (QED) is 0.860. The molecular formula is C12H22N4OS. The summed E-state index contributed by atoms with van der Waals surface area (Å²) in [6.45, 7) is 6.12. The van der Waals surface area contributed by atoms with Crippen molar-refractivity contribution in [2.24, 2.45) is 0 Å². The van der Waals surface area contributed by atoms with Crippen LogP contribution >= 0.6 is 11.8 Å². The van der Waals surface area contributed by atoms with Gasteiger partial charge in [0.15, 0.2) is 0 Å². The van der Waals surface area contributed by atoms with E-state index in [-0.39, 0.29) is 23.7 Å². The normalized spacial score (nSPS) is 12.8. The van der Waals surface area contributed by atoms with Gasteiger partial charge in [-0.15, -0.1) is 5.10 Å². The Bertz CT molecular complexity index is 391. The summed E-state index contributed by atoms with van der Waals surface area (Å²) in [6.07, 6.45) is 2.98. The molecule has 0 fully saturated rings. The maximum Gasteiger partial charge on any atom is 0.293 e. The SMILES string of the molecule is CCC(CSC)N(C)C(=O)c1n[nH]c(C(C)C)n1. The van der Waals surface area contributed by atoms with Gasteiger partial charge in [-0.3, -0.25) is 9.89 Å². The summed E-state index contributed by atoms with van der Waals surface area (Å²) in [7, 11) is 1.82. The van der Waals surface area contributed by atoms with Crippen molar-refractivity contribution in [3.8, 4) is 0 Å². The van der Waals surface area contributed by atoms with E-state index < -0.39 is 0 Å². The zero-order chi connectivity index (χ0) is 13.7. The van der Waals surface area contributed by atoms with E-state index in [9.17, 15) is 4.79 Å². The number of aromatic amines is 1. The van der Waals surface area contributed by atoms with Gasteiger partial charge in [0.2, 0.25) is 5.82 Å². The summed E-state index contributed by atoms with van der Waals surface area (Å²) in [6, 6.07) is 0.230. The molecule has 0 aliphatic heterocycles. The fourth-order valence-corrected chi connectivity index (χ4v) is 2.49. The van der Waals surface area contributed by atoms with E-state index in [1.165, 1.54) is 0 Å². The van der Waals surface area contributed by atoms with Gasteiger partial charge in [-0.25, -0.2) is 4.98 Å². The van der Waals surface area contributed by atoms with Crippen LogP contribution in [0.4, 0.5) is 0 Å². The molecule has 1 aromatic rings. The summed E-state index contributed by atoms with van der Waals surface area (Å²) in [5, 5.41) is 6.82. The number of carbonyl (C=O) groups is 1. The van der Waals surface area contributed by atoms with E-state index in [1.54, 1.807) is 16.7 Å². The van der Waals surface area contributed by atoms with E-state index >= 15 is 0 Å². The average molecular weight is 270 g/mol. The zero-order valence-corrected chi connectivity index (χ0v) is 12.5. The molecule has 0 spiro atoms. The first kappa shape index (κ1) is 15.0. The summed E-state index contributed by atoms with van der Waals surface area (Å²) < 4.78 is 0. The Morgan fingerprint density at radius 1 is 1.50 bits per heavy atom. The predicted octanol–water partition coefficient (Wildman–Crippen LogP) is 2.14. The Hall–Kier alpha value is -1.04. The molecule has 5 nitrogen and oxygen atoms in total. The van der Waals surface area contributed by atoms with Gasteiger partial charge in [0.25, 0.3) is 5.91 Å². The molecule has 0 radical (unpaired) electrons. The van der Waals surface area contributed by atoms with Gasteiger partial charge in [-0.2, -0.15) is 11.8 Å². The van der Waals surface area contributed by atoms with Gasteiger partial charge < -0.3 is 4.90 Å². The van der Waals surface area contributed by atoms with Crippen molar-refractivity contribution in [3.05, 3.63) is 11.6 Å². The van der Waals surface area contributed by atoms with Crippen LogP contribution in [0.25, 0.3) is 0 Å². The van der Waals surface area contributed by atoms with Crippen LogP contribution in [0, 0.1) is 0 Å². The highest BCUT2D eigenvalue weighted by molar-refractivity contribution is 7.98. The third kappa shape index (κ3) is 3.48. The molecule has 0 aliphatic carbocycles. The van der Waals surface area contributed by atoms with Crippen LogP contribution in [-0.4, -0.2) is 51.1 Å². The Labute approximate surface area is 113 Å². The molecule has 0 saturated carbocycles. The highest BCUT2D eigenvalue weighted by Crippen LogP contribution is 2.12. The lowest BCUT2D eigenvalue weighted by molar-refractivity contribution is 0.0731. The molecule has 6 heteroatoms. The van der Waals surface area contributed by atoms with Crippen molar-refractivity contribution in [3.63, 3.8) is 0 Å². The number of aromatic nitrogens is 3. The Kier molecular flexibility index (Phi) is 5.65. The summed E-state index contributed by atoms with van der Waals surface area (Å²) >= 11 is 1.74. The Balaban J connectivity index is 2.78. The van der Waals surface area contributed by atoms with E-state index in [2.05, 4.69) is 22.1 Å². The van der Waals surface area contributed by atoms with Crippen molar-refractivity contribution in [2.75, 3.05) is 19.1 Å². The average Bonchev–Trinajstić information content (AvgIpc) is 2.83. The first-order valence-corrected chi connectivity index (χ1v) is 7.59. The monoisotopic (exact) mass is 270 g/mol. The molecule has 1 rings (SSSR count). The third-order valence-corrected chi connectivity index (χ3v) is 3.66. The van der Waals surface area contributed by atoms with Crippen molar-refractivity contribution in [2.45, 2.75) is 39.2 Å². The number of H-pyrrole nitrogens is 1. The number of carbonyl (C=O) groups excluding carboxylic acids is 1. The molecule has 0 saturated heterocycles. The van der Waals surface area contributed by atoms with Crippen LogP contribution in [0.5, 0.6) is 0 Å². The summed E-state index contributed by atoms with van der Waals surface area (Å²) in [5.74, 6) is 2.09. The Morgan fingerprint density at radius 3 is 2.61 bits per heavy atom. The van der Waals surface area contributed by atoms with Crippen molar-refractivity contribution < 1.29 is 4.79 Å². The lowest BCUT2D eigenvalue weighted by Crippen LogP contribution is -2.38. The summed E-state index contributed by atoms with van der Waals surface area (Å²) in [4.78, 5) is 18.2. The minimum atomic E-state index is -0.112. The van der Waals surface area contributed by atoms with Crippen LogP contribution in [0.1, 0.15) is 49.6 Å². The molecule has 1 heterocycles. The van der Waals surface area contributed by atoms with E-state index in [0.29, 0.717) is 0 Å². The predicted molar refractivity (Wildman–Crippen MR) is 75.0 cm³/mol. The lowest BCUT2D eigenvalue weighted by atomic mass is 10.2. The lowest BCUT2D eigenvalue weighted by Gasteiger charge is -2.25. The maximum absolute atomic E-state index is 12.2. The van der Waals surface area contributed by atoms with Gasteiger partial charge in [-0.1, -0.05) is 20.8 Å². The van der Waals surface area contributed by atoms with Crippen LogP contribution < -0.4 is 0 Å². The van der Waals surface area contributed by atoms with Crippen molar-refractivity contribution >= 4 is 17.7 Å². The molecule has 1 aromatic heterocycles. The maximum atomic E-state index is 12.2. The van der Waals surface area contributed by atoms with Gasteiger partial charge in [0.1, 0.15) is 5.82 Å². The first-order chi connectivity index (χ1) is 8.51. The van der Waals surface area contributed by atoms with Gasteiger partial charge in [0, 0.05) is 24.8 Å². The standard InChI is InChI=1S/C12H22N4OS/c1-6-9(7-18-5)16(4)12(17)11-13-10(8(2)3)14-15-11/h8-9H,6-7H2,1-5H3,(H,13,14,15). The molecule has 0 bridgehead atoms. The number of nitrogens with one attached hydrogen (secondary N) is 1. The largest absolute Gasteiger partial charge is 0.335 e. The van der Waals surface area contributed by atoms with Crippen molar-refractivity contribution in [1.29, 1.82) is 0 Å². The molecule has 1 atom stereocenters. The fourth-order valence-electron chi connectivity index (χ4n) is 1.65. The second-order valence-electron chi connectivity index (χ2n) is 4.63. The highest BCUT2D eigenvalue weighted by Gasteiger charge is 2.23. The minimum absolute atomic E-state index is 0.112. The minimum Gasteiger partial charge on any atom is -0.335 e. The molecule has 1 N–H and O–H groups in total. The smallest absolute Gasteiger partial charge is 0.293 e. The summed E-state index contributed by atoms with van der Waals surface area (Å²) in [5.41, 5.74) is 0. The number of hydrogen-bond acceptors (Lipinski definition) is 4. The molecule has 18 heavy (non-hydrogen) atoms. The van der Waals surface area contributed by atoms with Crippen LogP contribution in [0.15, 0.2) is 0 Å². The van der Waals surface area contributed by atoms with Crippen molar-refractivity contribution in [1.82, 2.24) is 20.1 Å². The third-order valence-electron chi connectivity index (χ3n) is 2.94.